The molecule has 1 aliphatic carbocycles. The number of Topliss-reactive ketones (excluding diaryl/α,β-unsaturated/α-hetero) is 1. The monoisotopic (exact) mass is 323 g/mol. The molecule has 0 aliphatic heterocycles. The van der Waals surface area contributed by atoms with Crippen molar-refractivity contribution in [2.45, 2.75) is 26.2 Å². The molecule has 0 radical (unpaired) electrons. The summed E-state index contributed by atoms with van der Waals surface area (Å²) >= 11 is 3.35. The zero-order chi connectivity index (χ0) is 13.8. The Morgan fingerprint density at radius 2 is 1.95 bits per heavy atom. The smallest absolute Gasteiger partial charge is 0.223 e. The van der Waals surface area contributed by atoms with Crippen molar-refractivity contribution in [1.82, 2.24) is 5.32 Å². The van der Waals surface area contributed by atoms with Gasteiger partial charge in [0.2, 0.25) is 5.91 Å². The van der Waals surface area contributed by atoms with E-state index in [9.17, 15) is 9.59 Å². The Labute approximate surface area is 121 Å². The first-order valence-electron chi connectivity index (χ1n) is 6.60. The van der Waals surface area contributed by atoms with E-state index in [1.165, 1.54) is 0 Å². The van der Waals surface area contributed by atoms with Crippen LogP contribution in [0.2, 0.25) is 0 Å². The van der Waals surface area contributed by atoms with E-state index in [2.05, 4.69) is 21.2 Å². The summed E-state index contributed by atoms with van der Waals surface area (Å²) in [5, 5.41) is 2.74. The Hall–Kier alpha value is -1.16. The number of benzene rings is 1. The number of carbonyl (C=O) groups excluding carboxylic acids is 2. The summed E-state index contributed by atoms with van der Waals surface area (Å²) in [6.45, 7) is 2.07. The van der Waals surface area contributed by atoms with Gasteiger partial charge in [-0.25, -0.2) is 0 Å². The van der Waals surface area contributed by atoms with Crippen LogP contribution in [0.5, 0.6) is 0 Å². The maximum atomic E-state index is 11.8. The van der Waals surface area contributed by atoms with Gasteiger partial charge in [-0.15, -0.1) is 0 Å². The molecule has 1 aliphatic rings. The van der Waals surface area contributed by atoms with E-state index in [-0.39, 0.29) is 24.2 Å². The van der Waals surface area contributed by atoms with Crippen LogP contribution in [0.4, 0.5) is 0 Å². The topological polar surface area (TPSA) is 46.2 Å². The van der Waals surface area contributed by atoms with Gasteiger partial charge in [-0.2, -0.15) is 0 Å². The van der Waals surface area contributed by atoms with Crippen molar-refractivity contribution in [2.24, 2.45) is 11.8 Å². The molecule has 0 aromatic heterocycles. The van der Waals surface area contributed by atoms with Crippen LogP contribution in [0.25, 0.3) is 0 Å². The molecule has 1 saturated carbocycles. The van der Waals surface area contributed by atoms with Crippen LogP contribution in [0, 0.1) is 11.8 Å². The number of ketones is 1. The second-order valence-corrected chi connectivity index (χ2v) is 6.10. The van der Waals surface area contributed by atoms with Gasteiger partial charge in [0.25, 0.3) is 0 Å². The van der Waals surface area contributed by atoms with Gasteiger partial charge >= 0.3 is 0 Å². The normalized spacial score (nSPS) is 15.9. The van der Waals surface area contributed by atoms with E-state index in [0.29, 0.717) is 12.3 Å². The van der Waals surface area contributed by atoms with Crippen LogP contribution >= 0.6 is 15.9 Å². The third-order valence-corrected chi connectivity index (χ3v) is 4.05. The molecule has 4 heteroatoms. The first kappa shape index (κ1) is 14.3. The lowest BCUT2D eigenvalue weighted by atomic mass is 10.1. The number of amides is 1. The van der Waals surface area contributed by atoms with Crippen molar-refractivity contribution in [3.05, 3.63) is 34.3 Å². The van der Waals surface area contributed by atoms with Crippen LogP contribution in [-0.4, -0.2) is 18.2 Å². The fourth-order valence-electron chi connectivity index (χ4n) is 2.05. The van der Waals surface area contributed by atoms with Crippen LogP contribution in [0.15, 0.2) is 28.7 Å². The van der Waals surface area contributed by atoms with Gasteiger partial charge in [0.15, 0.2) is 5.78 Å². The molecule has 1 aromatic rings. The Balaban J connectivity index is 1.75. The average Bonchev–Trinajstić information content (AvgIpc) is 3.22. The van der Waals surface area contributed by atoms with Gasteiger partial charge in [-0.3, -0.25) is 9.59 Å². The zero-order valence-electron chi connectivity index (χ0n) is 11.0. The van der Waals surface area contributed by atoms with Crippen molar-refractivity contribution >= 4 is 27.6 Å². The van der Waals surface area contributed by atoms with Gasteiger partial charge in [0.1, 0.15) is 0 Å². The standard InChI is InChI=1S/C15H18BrNO2/c1-10(12-4-5-12)15(19)17-9-14(18)8-11-2-6-13(16)7-3-11/h2-3,6-7,10,12H,4-5,8-9H2,1H3,(H,17,19). The lowest BCUT2D eigenvalue weighted by Gasteiger charge is -2.10. The lowest BCUT2D eigenvalue weighted by Crippen LogP contribution is -2.34. The van der Waals surface area contributed by atoms with E-state index in [1.54, 1.807) is 0 Å². The fourth-order valence-corrected chi connectivity index (χ4v) is 2.31. The van der Waals surface area contributed by atoms with Crippen LogP contribution < -0.4 is 5.32 Å². The highest BCUT2D eigenvalue weighted by Gasteiger charge is 2.32. The molecule has 1 aromatic carbocycles. The molecular weight excluding hydrogens is 306 g/mol. The quantitative estimate of drug-likeness (QED) is 0.874. The van der Waals surface area contributed by atoms with Crippen LogP contribution in [0.3, 0.4) is 0 Å². The summed E-state index contributed by atoms with van der Waals surface area (Å²) in [7, 11) is 0. The summed E-state index contributed by atoms with van der Waals surface area (Å²) < 4.78 is 0.996. The van der Waals surface area contributed by atoms with E-state index in [4.69, 9.17) is 0 Å². The molecule has 1 unspecified atom stereocenters. The summed E-state index contributed by atoms with van der Waals surface area (Å²) in [4.78, 5) is 23.5. The molecule has 1 fully saturated rings. The van der Waals surface area contributed by atoms with Crippen LogP contribution in [0.1, 0.15) is 25.3 Å². The minimum absolute atomic E-state index is 0.00616. The maximum absolute atomic E-state index is 11.8. The summed E-state index contributed by atoms with van der Waals surface area (Å²) in [6, 6.07) is 7.65. The summed E-state index contributed by atoms with van der Waals surface area (Å²) in [5.74, 6) is 0.618. The van der Waals surface area contributed by atoms with E-state index < -0.39 is 0 Å². The highest BCUT2D eigenvalue weighted by atomic mass is 79.9. The highest BCUT2D eigenvalue weighted by Crippen LogP contribution is 2.36. The van der Waals surface area contributed by atoms with Crippen molar-refractivity contribution in [3.8, 4) is 0 Å². The molecule has 1 amide bonds. The number of hydrogen-bond acceptors (Lipinski definition) is 2. The third-order valence-electron chi connectivity index (χ3n) is 3.52. The third kappa shape index (κ3) is 4.46. The molecular formula is C15H18BrNO2. The molecule has 0 bridgehead atoms. The van der Waals surface area contributed by atoms with Gasteiger partial charge < -0.3 is 5.32 Å². The second kappa shape index (κ2) is 6.33. The van der Waals surface area contributed by atoms with E-state index in [0.717, 1.165) is 22.9 Å². The number of halogens is 1. The Morgan fingerprint density at radius 1 is 1.32 bits per heavy atom. The predicted octanol–water partition coefficient (Wildman–Crippen LogP) is 2.72. The molecule has 102 valence electrons. The van der Waals surface area contributed by atoms with Crippen molar-refractivity contribution in [1.29, 1.82) is 0 Å². The predicted molar refractivity (Wildman–Crippen MR) is 77.8 cm³/mol. The second-order valence-electron chi connectivity index (χ2n) is 5.19. The fraction of sp³-hybridized carbons (Fsp3) is 0.467. The summed E-state index contributed by atoms with van der Waals surface area (Å²) in [6.07, 6.45) is 2.65. The van der Waals surface area contributed by atoms with Gasteiger partial charge in [-0.1, -0.05) is 35.0 Å². The van der Waals surface area contributed by atoms with Crippen molar-refractivity contribution in [3.63, 3.8) is 0 Å². The highest BCUT2D eigenvalue weighted by molar-refractivity contribution is 9.10. The molecule has 3 nitrogen and oxygen atoms in total. The minimum Gasteiger partial charge on any atom is -0.349 e. The lowest BCUT2D eigenvalue weighted by molar-refractivity contribution is -0.127. The SMILES string of the molecule is CC(C(=O)NCC(=O)Cc1ccc(Br)cc1)C1CC1. The Kier molecular flexibility index (Phi) is 4.75. The molecule has 19 heavy (non-hydrogen) atoms. The van der Waals surface area contributed by atoms with Gasteiger partial charge in [-0.05, 0) is 36.5 Å². The number of nitrogens with one attached hydrogen (secondary N) is 1. The summed E-state index contributed by atoms with van der Waals surface area (Å²) in [5.41, 5.74) is 0.970. The average molecular weight is 324 g/mol. The first-order chi connectivity index (χ1) is 9.06. The largest absolute Gasteiger partial charge is 0.349 e. The first-order valence-corrected chi connectivity index (χ1v) is 7.39. The number of carbonyl (C=O) groups is 2. The Morgan fingerprint density at radius 3 is 2.53 bits per heavy atom. The minimum atomic E-state index is 0.00616. The maximum Gasteiger partial charge on any atom is 0.223 e. The molecule has 2 rings (SSSR count). The molecule has 1 atom stereocenters. The molecule has 0 spiro atoms. The zero-order valence-corrected chi connectivity index (χ0v) is 12.6. The van der Waals surface area contributed by atoms with Gasteiger partial charge in [0.05, 0.1) is 6.54 Å². The number of hydrogen-bond donors (Lipinski definition) is 1. The van der Waals surface area contributed by atoms with E-state index in [1.807, 2.05) is 31.2 Å². The van der Waals surface area contributed by atoms with Crippen molar-refractivity contribution in [2.75, 3.05) is 6.54 Å². The van der Waals surface area contributed by atoms with Crippen LogP contribution in [-0.2, 0) is 16.0 Å². The molecule has 1 N–H and O–H groups in total. The van der Waals surface area contributed by atoms with Crippen molar-refractivity contribution < 1.29 is 9.59 Å². The molecule has 0 saturated heterocycles. The Bertz CT molecular complexity index is 466. The molecule has 0 heterocycles. The number of rotatable bonds is 6. The van der Waals surface area contributed by atoms with E-state index >= 15 is 0 Å². The van der Waals surface area contributed by atoms with Gasteiger partial charge in [0, 0.05) is 16.8 Å².